The summed E-state index contributed by atoms with van der Waals surface area (Å²) in [5.74, 6) is -1.02. The molecule has 1 fully saturated rings. The number of amides is 2. The molecular weight excluding hydrogens is 212 g/mol. The third-order valence-electron chi connectivity index (χ3n) is 2.52. The van der Waals surface area contributed by atoms with Crippen molar-refractivity contribution in [3.8, 4) is 0 Å². The lowest BCUT2D eigenvalue weighted by Crippen LogP contribution is -2.59. The van der Waals surface area contributed by atoms with E-state index in [0.29, 0.717) is 19.8 Å². The van der Waals surface area contributed by atoms with Crippen molar-refractivity contribution in [1.29, 1.82) is 0 Å². The zero-order valence-electron chi connectivity index (χ0n) is 8.99. The van der Waals surface area contributed by atoms with E-state index in [4.69, 9.17) is 9.84 Å². The smallest absolute Gasteiger partial charge is 0.329 e. The molecule has 1 rings (SSSR count). The molecule has 0 unspecified atom stereocenters. The van der Waals surface area contributed by atoms with E-state index in [0.717, 1.165) is 0 Å². The number of carbonyl (C=O) groups is 2. The van der Waals surface area contributed by atoms with Crippen LogP contribution in [0.25, 0.3) is 0 Å². The summed E-state index contributed by atoms with van der Waals surface area (Å²) in [6, 6.07) is -0.496. The molecule has 0 saturated carbocycles. The van der Waals surface area contributed by atoms with Gasteiger partial charge in [0.2, 0.25) is 0 Å². The zero-order valence-corrected chi connectivity index (χ0v) is 8.99. The van der Waals surface area contributed by atoms with Gasteiger partial charge in [0.05, 0.1) is 0 Å². The topological polar surface area (TPSA) is 87.7 Å². The van der Waals surface area contributed by atoms with Crippen LogP contribution in [0.4, 0.5) is 4.79 Å². The second kappa shape index (κ2) is 5.50. The number of aliphatic carboxylic acids is 1. The Bertz CT molecular complexity index is 285. The lowest BCUT2D eigenvalue weighted by molar-refractivity contribution is -0.148. The van der Waals surface area contributed by atoms with Crippen molar-refractivity contribution < 1.29 is 19.4 Å². The summed E-state index contributed by atoms with van der Waals surface area (Å²) in [6.45, 7) is 4.44. The van der Waals surface area contributed by atoms with Crippen molar-refractivity contribution in [2.75, 3.05) is 19.8 Å². The fourth-order valence-corrected chi connectivity index (χ4v) is 1.54. The molecule has 90 valence electrons. The minimum Gasteiger partial charge on any atom is -0.480 e. The van der Waals surface area contributed by atoms with Crippen LogP contribution >= 0.6 is 0 Å². The fourth-order valence-electron chi connectivity index (χ4n) is 1.54. The number of hydrogen-bond acceptors (Lipinski definition) is 3. The maximum Gasteiger partial charge on any atom is 0.329 e. The number of nitrogens with one attached hydrogen (secondary N) is 2. The molecule has 6 nitrogen and oxygen atoms in total. The predicted molar refractivity (Wildman–Crippen MR) is 57.2 cm³/mol. The number of urea groups is 1. The summed E-state index contributed by atoms with van der Waals surface area (Å²) in [6.07, 6.45) is 2.09. The third-order valence-corrected chi connectivity index (χ3v) is 2.52. The van der Waals surface area contributed by atoms with Crippen LogP contribution in [0.2, 0.25) is 0 Å². The Balaban J connectivity index is 2.60. The molecule has 6 heteroatoms. The van der Waals surface area contributed by atoms with Crippen molar-refractivity contribution in [3.05, 3.63) is 12.7 Å². The van der Waals surface area contributed by atoms with Crippen LogP contribution < -0.4 is 10.6 Å². The maximum atomic E-state index is 11.4. The van der Waals surface area contributed by atoms with Crippen molar-refractivity contribution in [2.45, 2.75) is 18.4 Å². The second-order valence-electron chi connectivity index (χ2n) is 3.62. The van der Waals surface area contributed by atoms with E-state index in [1.807, 2.05) is 0 Å². The summed E-state index contributed by atoms with van der Waals surface area (Å²) in [4.78, 5) is 22.6. The van der Waals surface area contributed by atoms with E-state index >= 15 is 0 Å². The maximum absolute atomic E-state index is 11.4. The van der Waals surface area contributed by atoms with Gasteiger partial charge in [-0.25, -0.2) is 9.59 Å². The van der Waals surface area contributed by atoms with Gasteiger partial charge >= 0.3 is 12.0 Å². The summed E-state index contributed by atoms with van der Waals surface area (Å²) in [5, 5.41) is 14.1. The molecule has 2 amide bonds. The van der Waals surface area contributed by atoms with Crippen molar-refractivity contribution >= 4 is 12.0 Å². The Morgan fingerprint density at radius 3 is 2.56 bits per heavy atom. The molecule has 0 aromatic heterocycles. The quantitative estimate of drug-likeness (QED) is 0.596. The molecule has 1 heterocycles. The van der Waals surface area contributed by atoms with E-state index in [1.165, 1.54) is 6.08 Å². The Morgan fingerprint density at radius 1 is 1.44 bits per heavy atom. The standard InChI is InChI=1S/C10H16N2O4/c1-2-5-11-9(15)12-10(8(13)14)3-6-16-7-4-10/h2H,1,3-7H2,(H,13,14)(H2,11,12,15). The molecular formula is C10H16N2O4. The van der Waals surface area contributed by atoms with Crippen molar-refractivity contribution in [2.24, 2.45) is 0 Å². The molecule has 1 aliphatic rings. The highest BCUT2D eigenvalue weighted by Gasteiger charge is 2.41. The molecule has 3 N–H and O–H groups in total. The third kappa shape index (κ3) is 2.96. The van der Waals surface area contributed by atoms with E-state index in [-0.39, 0.29) is 12.8 Å². The molecule has 0 bridgehead atoms. The largest absolute Gasteiger partial charge is 0.480 e. The van der Waals surface area contributed by atoms with Crippen LogP contribution in [0, 0.1) is 0 Å². The minimum atomic E-state index is -1.20. The molecule has 0 aromatic carbocycles. The Morgan fingerprint density at radius 2 is 2.06 bits per heavy atom. The number of hydrogen-bond donors (Lipinski definition) is 3. The minimum absolute atomic E-state index is 0.282. The normalized spacial score (nSPS) is 18.5. The Kier molecular flexibility index (Phi) is 4.30. The zero-order chi connectivity index (χ0) is 12.0. The number of carboxylic acids is 1. The van der Waals surface area contributed by atoms with E-state index in [9.17, 15) is 9.59 Å². The molecule has 1 aliphatic heterocycles. The molecule has 0 aliphatic carbocycles. The van der Waals surface area contributed by atoms with Crippen LogP contribution in [-0.4, -0.2) is 42.4 Å². The summed E-state index contributed by atoms with van der Waals surface area (Å²) in [5.41, 5.74) is -1.20. The molecule has 16 heavy (non-hydrogen) atoms. The van der Waals surface area contributed by atoms with Crippen molar-refractivity contribution in [3.63, 3.8) is 0 Å². The first-order valence-corrected chi connectivity index (χ1v) is 5.09. The van der Waals surface area contributed by atoms with Crippen molar-refractivity contribution in [1.82, 2.24) is 10.6 Å². The SMILES string of the molecule is C=CCNC(=O)NC1(C(=O)O)CCOCC1. The molecule has 0 aromatic rings. The van der Waals surface area contributed by atoms with E-state index in [1.54, 1.807) is 0 Å². The van der Waals surface area contributed by atoms with Gasteiger partial charge < -0.3 is 20.5 Å². The fraction of sp³-hybridized carbons (Fsp3) is 0.600. The highest BCUT2D eigenvalue weighted by atomic mass is 16.5. The number of rotatable bonds is 4. The van der Waals surface area contributed by atoms with Gasteiger partial charge in [0.15, 0.2) is 0 Å². The van der Waals surface area contributed by atoms with Crippen LogP contribution in [0.5, 0.6) is 0 Å². The molecule has 0 radical (unpaired) electrons. The monoisotopic (exact) mass is 228 g/mol. The molecule has 0 atom stereocenters. The van der Waals surface area contributed by atoms with Gasteiger partial charge in [-0.05, 0) is 0 Å². The first kappa shape index (κ1) is 12.5. The predicted octanol–water partition coefficient (Wildman–Crippen LogP) is 0.105. The first-order chi connectivity index (χ1) is 7.60. The lowest BCUT2D eigenvalue weighted by Gasteiger charge is -2.33. The van der Waals surface area contributed by atoms with Gasteiger partial charge in [0.25, 0.3) is 0 Å². The highest BCUT2D eigenvalue weighted by Crippen LogP contribution is 2.20. The van der Waals surface area contributed by atoms with Gasteiger partial charge in [-0.3, -0.25) is 0 Å². The van der Waals surface area contributed by atoms with E-state index < -0.39 is 17.5 Å². The number of carboxylic acid groups (broad SMARTS) is 1. The van der Waals surface area contributed by atoms with Gasteiger partial charge in [0, 0.05) is 32.6 Å². The van der Waals surface area contributed by atoms with Crippen LogP contribution in [0.15, 0.2) is 12.7 Å². The molecule has 0 spiro atoms. The number of ether oxygens (including phenoxy) is 1. The first-order valence-electron chi connectivity index (χ1n) is 5.09. The summed E-state index contributed by atoms with van der Waals surface area (Å²) >= 11 is 0. The Hall–Kier alpha value is -1.56. The number of carbonyl (C=O) groups excluding carboxylic acids is 1. The molecule has 1 saturated heterocycles. The van der Waals surface area contributed by atoms with Gasteiger partial charge in [-0.2, -0.15) is 0 Å². The van der Waals surface area contributed by atoms with Gasteiger partial charge in [-0.15, -0.1) is 6.58 Å². The lowest BCUT2D eigenvalue weighted by atomic mass is 9.90. The highest BCUT2D eigenvalue weighted by molar-refractivity contribution is 5.86. The van der Waals surface area contributed by atoms with Crippen LogP contribution in [0.1, 0.15) is 12.8 Å². The average molecular weight is 228 g/mol. The van der Waals surface area contributed by atoms with Gasteiger partial charge in [0.1, 0.15) is 5.54 Å². The van der Waals surface area contributed by atoms with Crippen LogP contribution in [0.3, 0.4) is 0 Å². The van der Waals surface area contributed by atoms with Crippen LogP contribution in [-0.2, 0) is 9.53 Å². The second-order valence-corrected chi connectivity index (χ2v) is 3.62. The summed E-state index contributed by atoms with van der Waals surface area (Å²) in [7, 11) is 0. The van der Waals surface area contributed by atoms with Gasteiger partial charge in [-0.1, -0.05) is 6.08 Å². The average Bonchev–Trinajstić information content (AvgIpc) is 2.27. The Labute approximate surface area is 93.7 Å². The van der Waals surface area contributed by atoms with E-state index in [2.05, 4.69) is 17.2 Å². The summed E-state index contributed by atoms with van der Waals surface area (Å²) < 4.78 is 5.09.